The van der Waals surface area contributed by atoms with Crippen LogP contribution >= 0.6 is 0 Å². The number of nitrogens with one attached hydrogen (secondary N) is 1. The molecule has 80 valence electrons. The minimum atomic E-state index is -0.522. The normalized spacial score (nSPS) is 23.7. The van der Waals surface area contributed by atoms with Crippen molar-refractivity contribution in [3.05, 3.63) is 29.8 Å². The summed E-state index contributed by atoms with van der Waals surface area (Å²) in [6.07, 6.45) is 1.21. The van der Waals surface area contributed by atoms with Gasteiger partial charge in [-0.05, 0) is 24.5 Å². The number of rotatable bonds is 3. The fraction of sp³-hybridized carbons (Fsp3) is 0.417. The Morgan fingerprint density at radius 1 is 1.40 bits per heavy atom. The summed E-state index contributed by atoms with van der Waals surface area (Å²) in [7, 11) is 0. The molecule has 1 amide bonds. The van der Waals surface area contributed by atoms with Gasteiger partial charge in [0.1, 0.15) is 0 Å². The molecule has 2 rings (SSSR count). The molecule has 1 aromatic carbocycles. The Labute approximate surface area is 89.1 Å². The zero-order chi connectivity index (χ0) is 10.9. The number of amides is 1. The van der Waals surface area contributed by atoms with Gasteiger partial charge in [0, 0.05) is 12.3 Å². The van der Waals surface area contributed by atoms with E-state index >= 15 is 0 Å². The van der Waals surface area contributed by atoms with Gasteiger partial charge in [0.15, 0.2) is 0 Å². The number of hydrogen-bond donors (Lipinski definition) is 2. The molecule has 0 aliphatic carbocycles. The Morgan fingerprint density at radius 2 is 2.13 bits per heavy atom. The number of benzene rings is 1. The SMILES string of the molecule is CCC1(CCO)C(=O)Nc2ccccc21. The van der Waals surface area contributed by atoms with E-state index in [1.807, 2.05) is 31.2 Å². The highest BCUT2D eigenvalue weighted by Crippen LogP contribution is 2.42. The fourth-order valence-corrected chi connectivity index (χ4v) is 2.34. The largest absolute Gasteiger partial charge is 0.396 e. The zero-order valence-corrected chi connectivity index (χ0v) is 8.79. The van der Waals surface area contributed by atoms with Crippen LogP contribution in [0.4, 0.5) is 5.69 Å². The van der Waals surface area contributed by atoms with Crippen molar-refractivity contribution in [1.29, 1.82) is 0 Å². The van der Waals surface area contributed by atoms with Gasteiger partial charge in [0.2, 0.25) is 5.91 Å². The highest BCUT2D eigenvalue weighted by Gasteiger charge is 2.44. The Hall–Kier alpha value is -1.35. The standard InChI is InChI=1S/C12H15NO2/c1-2-12(7-8-14)9-5-3-4-6-10(9)13-11(12)15/h3-6,14H,2,7-8H2,1H3,(H,13,15). The Balaban J connectivity index is 2.51. The molecular formula is C12H15NO2. The van der Waals surface area contributed by atoms with Crippen molar-refractivity contribution < 1.29 is 9.90 Å². The van der Waals surface area contributed by atoms with Crippen LogP contribution in [-0.2, 0) is 10.2 Å². The summed E-state index contributed by atoms with van der Waals surface area (Å²) in [6, 6.07) is 7.71. The van der Waals surface area contributed by atoms with Crippen molar-refractivity contribution in [3.8, 4) is 0 Å². The van der Waals surface area contributed by atoms with Crippen LogP contribution in [0.2, 0.25) is 0 Å². The number of fused-ring (bicyclic) bond motifs is 1. The van der Waals surface area contributed by atoms with Crippen LogP contribution in [0.25, 0.3) is 0 Å². The topological polar surface area (TPSA) is 49.3 Å². The molecule has 1 aliphatic heterocycles. The molecule has 2 N–H and O–H groups in total. The van der Waals surface area contributed by atoms with Crippen molar-refractivity contribution in [2.45, 2.75) is 25.2 Å². The van der Waals surface area contributed by atoms with Gasteiger partial charge in [-0.25, -0.2) is 0 Å². The highest BCUT2D eigenvalue weighted by molar-refractivity contribution is 6.06. The molecule has 15 heavy (non-hydrogen) atoms. The van der Waals surface area contributed by atoms with E-state index in [4.69, 9.17) is 5.11 Å². The average Bonchev–Trinajstić information content (AvgIpc) is 2.53. The third-order valence-corrected chi connectivity index (χ3v) is 3.27. The third-order valence-electron chi connectivity index (χ3n) is 3.27. The van der Waals surface area contributed by atoms with E-state index in [2.05, 4.69) is 5.32 Å². The number of aliphatic hydroxyl groups excluding tert-OH is 1. The molecule has 0 fully saturated rings. The van der Waals surface area contributed by atoms with Crippen molar-refractivity contribution in [1.82, 2.24) is 0 Å². The first-order valence-corrected chi connectivity index (χ1v) is 5.26. The van der Waals surface area contributed by atoms with E-state index < -0.39 is 5.41 Å². The first-order chi connectivity index (χ1) is 7.24. The molecule has 1 aliphatic rings. The summed E-state index contributed by atoms with van der Waals surface area (Å²) >= 11 is 0. The molecule has 1 unspecified atom stereocenters. The van der Waals surface area contributed by atoms with Crippen LogP contribution in [0.1, 0.15) is 25.3 Å². The molecule has 0 radical (unpaired) electrons. The zero-order valence-electron chi connectivity index (χ0n) is 8.79. The van der Waals surface area contributed by atoms with E-state index in [1.54, 1.807) is 0 Å². The smallest absolute Gasteiger partial charge is 0.235 e. The maximum atomic E-state index is 12.0. The predicted molar refractivity (Wildman–Crippen MR) is 58.7 cm³/mol. The third kappa shape index (κ3) is 1.35. The van der Waals surface area contributed by atoms with Crippen molar-refractivity contribution >= 4 is 11.6 Å². The molecule has 1 atom stereocenters. The molecule has 0 aromatic heterocycles. The summed E-state index contributed by atoms with van der Waals surface area (Å²) in [5.41, 5.74) is 1.38. The highest BCUT2D eigenvalue weighted by atomic mass is 16.3. The van der Waals surface area contributed by atoms with Crippen molar-refractivity contribution in [2.75, 3.05) is 11.9 Å². The lowest BCUT2D eigenvalue weighted by Crippen LogP contribution is -2.34. The van der Waals surface area contributed by atoms with Gasteiger partial charge in [0.25, 0.3) is 0 Å². The number of carbonyl (C=O) groups is 1. The van der Waals surface area contributed by atoms with Gasteiger partial charge in [-0.3, -0.25) is 4.79 Å². The molecule has 3 heteroatoms. The van der Waals surface area contributed by atoms with E-state index in [-0.39, 0.29) is 12.5 Å². The van der Waals surface area contributed by atoms with Crippen molar-refractivity contribution in [3.63, 3.8) is 0 Å². The molecular weight excluding hydrogens is 190 g/mol. The summed E-state index contributed by atoms with van der Waals surface area (Å²) in [5.74, 6) is 0.0141. The monoisotopic (exact) mass is 205 g/mol. The van der Waals surface area contributed by atoms with Crippen LogP contribution in [0.3, 0.4) is 0 Å². The minimum Gasteiger partial charge on any atom is -0.396 e. The fourth-order valence-electron chi connectivity index (χ4n) is 2.34. The van der Waals surface area contributed by atoms with Gasteiger partial charge in [0.05, 0.1) is 5.41 Å². The quantitative estimate of drug-likeness (QED) is 0.788. The van der Waals surface area contributed by atoms with Gasteiger partial charge >= 0.3 is 0 Å². The maximum absolute atomic E-state index is 12.0. The maximum Gasteiger partial charge on any atom is 0.235 e. The predicted octanol–water partition coefficient (Wildman–Crippen LogP) is 1.67. The second-order valence-corrected chi connectivity index (χ2v) is 3.91. The van der Waals surface area contributed by atoms with Crippen LogP contribution in [-0.4, -0.2) is 17.6 Å². The van der Waals surface area contributed by atoms with E-state index in [1.165, 1.54) is 0 Å². The van der Waals surface area contributed by atoms with E-state index in [0.717, 1.165) is 17.7 Å². The summed E-state index contributed by atoms with van der Waals surface area (Å²) in [6.45, 7) is 2.02. The minimum absolute atomic E-state index is 0.0141. The molecule has 0 spiro atoms. The first-order valence-electron chi connectivity index (χ1n) is 5.26. The Bertz CT molecular complexity index is 389. The number of aliphatic hydroxyl groups is 1. The van der Waals surface area contributed by atoms with E-state index in [0.29, 0.717) is 6.42 Å². The van der Waals surface area contributed by atoms with Gasteiger partial charge in [-0.1, -0.05) is 25.1 Å². The lowest BCUT2D eigenvalue weighted by Gasteiger charge is -2.24. The Morgan fingerprint density at radius 3 is 2.80 bits per heavy atom. The lowest BCUT2D eigenvalue weighted by atomic mass is 9.77. The number of para-hydroxylation sites is 1. The summed E-state index contributed by atoms with van der Waals surface area (Å²) < 4.78 is 0. The van der Waals surface area contributed by atoms with Gasteiger partial charge in [-0.2, -0.15) is 0 Å². The molecule has 0 saturated heterocycles. The second kappa shape index (κ2) is 3.66. The second-order valence-electron chi connectivity index (χ2n) is 3.91. The summed E-state index contributed by atoms with van der Waals surface area (Å²) in [5, 5.41) is 12.0. The van der Waals surface area contributed by atoms with Crippen LogP contribution in [0, 0.1) is 0 Å². The van der Waals surface area contributed by atoms with Crippen molar-refractivity contribution in [2.24, 2.45) is 0 Å². The summed E-state index contributed by atoms with van der Waals surface area (Å²) in [4.78, 5) is 12.0. The van der Waals surface area contributed by atoms with Gasteiger partial charge < -0.3 is 10.4 Å². The number of carbonyl (C=O) groups excluding carboxylic acids is 1. The lowest BCUT2D eigenvalue weighted by molar-refractivity contribution is -0.121. The molecule has 0 bridgehead atoms. The van der Waals surface area contributed by atoms with E-state index in [9.17, 15) is 4.79 Å². The number of hydrogen-bond acceptors (Lipinski definition) is 2. The Kier molecular flexibility index (Phi) is 2.49. The van der Waals surface area contributed by atoms with Crippen LogP contribution < -0.4 is 5.32 Å². The molecule has 3 nitrogen and oxygen atoms in total. The molecule has 1 aromatic rings. The average molecular weight is 205 g/mol. The first kappa shape index (κ1) is 10.2. The van der Waals surface area contributed by atoms with Gasteiger partial charge in [-0.15, -0.1) is 0 Å². The van der Waals surface area contributed by atoms with Crippen LogP contribution in [0.15, 0.2) is 24.3 Å². The molecule has 0 saturated carbocycles. The molecule has 1 heterocycles. The number of anilines is 1. The van der Waals surface area contributed by atoms with Crippen LogP contribution in [0.5, 0.6) is 0 Å².